The maximum Gasteiger partial charge on any atom is 0.342 e. The first kappa shape index (κ1) is 17.4. The first-order valence-corrected chi connectivity index (χ1v) is 5.74. The van der Waals surface area contributed by atoms with E-state index in [2.05, 4.69) is 4.74 Å². The Labute approximate surface area is 121 Å². The van der Waals surface area contributed by atoms with Gasteiger partial charge in [-0.25, -0.2) is 9.18 Å². The Kier molecular flexibility index (Phi) is 7.55. The second-order valence-corrected chi connectivity index (χ2v) is 4.17. The zero-order valence-electron chi connectivity index (χ0n) is 9.53. The highest BCUT2D eigenvalue weighted by Crippen LogP contribution is 2.27. The Balaban J connectivity index is 0.00000289. The van der Waals surface area contributed by atoms with Crippen molar-refractivity contribution in [2.75, 3.05) is 6.61 Å². The summed E-state index contributed by atoms with van der Waals surface area (Å²) in [5.74, 6) is -0.980. The molecule has 0 bridgehead atoms. The molecule has 0 aliphatic heterocycles. The van der Waals surface area contributed by atoms with Crippen molar-refractivity contribution in [1.82, 2.24) is 0 Å². The first-order chi connectivity index (χ1) is 7.97. The maximum absolute atomic E-state index is 13.6. The molecule has 2 atom stereocenters. The molecule has 0 fully saturated rings. The summed E-state index contributed by atoms with van der Waals surface area (Å²) in [4.78, 5) is 11.2. The van der Waals surface area contributed by atoms with E-state index >= 15 is 0 Å². The summed E-state index contributed by atoms with van der Waals surface area (Å²) in [6.45, 7) is 1.70. The summed E-state index contributed by atoms with van der Waals surface area (Å²) in [6, 6.07) is 3.32. The van der Waals surface area contributed by atoms with Crippen LogP contribution in [0.2, 0.25) is 10.0 Å². The van der Waals surface area contributed by atoms with Crippen molar-refractivity contribution in [3.8, 4) is 0 Å². The van der Waals surface area contributed by atoms with Gasteiger partial charge in [0.1, 0.15) is 0 Å². The average Bonchev–Trinajstić information content (AvgIpc) is 2.31. The van der Waals surface area contributed by atoms with Gasteiger partial charge in [-0.1, -0.05) is 29.3 Å². The summed E-state index contributed by atoms with van der Waals surface area (Å²) in [6.07, 6.45) is -1.92. The molecule has 0 spiro atoms. The summed E-state index contributed by atoms with van der Waals surface area (Å²) in [7, 11) is 0. The topological polar surface area (TPSA) is 52.3 Å². The highest BCUT2D eigenvalue weighted by Gasteiger charge is 2.27. The Morgan fingerprint density at radius 1 is 1.44 bits per heavy atom. The fourth-order valence-corrected chi connectivity index (χ4v) is 1.56. The van der Waals surface area contributed by atoms with Crippen LogP contribution < -0.4 is 5.73 Å². The number of hydrogen-bond acceptors (Lipinski definition) is 3. The minimum absolute atomic E-state index is 0. The number of ether oxygens (including phenoxy) is 1. The van der Waals surface area contributed by atoms with Gasteiger partial charge in [-0.3, -0.25) is 0 Å². The van der Waals surface area contributed by atoms with E-state index in [0.717, 1.165) is 0 Å². The fourth-order valence-electron chi connectivity index (χ4n) is 1.26. The molecule has 0 amide bonds. The molecule has 1 unspecified atom stereocenters. The molecule has 7 heteroatoms. The van der Waals surface area contributed by atoms with Gasteiger partial charge in [-0.2, -0.15) is 0 Å². The molecule has 0 radical (unpaired) electrons. The van der Waals surface area contributed by atoms with Crippen LogP contribution in [-0.4, -0.2) is 18.7 Å². The van der Waals surface area contributed by atoms with Gasteiger partial charge in [0.25, 0.3) is 0 Å². The molecular weight excluding hydrogens is 303 g/mol. The number of halogens is 4. The van der Waals surface area contributed by atoms with E-state index in [1.54, 1.807) is 6.92 Å². The van der Waals surface area contributed by atoms with Crippen LogP contribution in [0.25, 0.3) is 0 Å². The molecule has 2 N–H and O–H groups in total. The molecule has 18 heavy (non-hydrogen) atoms. The largest absolute Gasteiger partial charge is 0.464 e. The fraction of sp³-hybridized carbons (Fsp3) is 0.364. The van der Waals surface area contributed by atoms with Crippen molar-refractivity contribution in [3.63, 3.8) is 0 Å². The van der Waals surface area contributed by atoms with E-state index in [0.29, 0.717) is 10.6 Å². The smallest absolute Gasteiger partial charge is 0.342 e. The molecule has 0 aliphatic rings. The van der Waals surface area contributed by atoms with Crippen LogP contribution in [-0.2, 0) is 9.53 Å². The van der Waals surface area contributed by atoms with Crippen LogP contribution in [0.4, 0.5) is 4.39 Å². The van der Waals surface area contributed by atoms with Crippen LogP contribution in [0.1, 0.15) is 18.5 Å². The summed E-state index contributed by atoms with van der Waals surface area (Å²) >= 11 is 11.5. The van der Waals surface area contributed by atoms with Gasteiger partial charge in [-0.05, 0) is 24.6 Å². The average molecular weight is 317 g/mol. The van der Waals surface area contributed by atoms with Crippen molar-refractivity contribution in [3.05, 3.63) is 33.8 Å². The van der Waals surface area contributed by atoms with Crippen molar-refractivity contribution in [2.45, 2.75) is 19.1 Å². The SMILES string of the molecule is CCOC(=O)C(F)[C@@H](N)c1ccc(Cl)c(Cl)c1.Cl. The van der Waals surface area contributed by atoms with E-state index in [1.165, 1.54) is 18.2 Å². The Hall–Kier alpha value is -0.550. The molecule has 1 rings (SSSR count). The van der Waals surface area contributed by atoms with Gasteiger partial charge in [0.2, 0.25) is 6.17 Å². The van der Waals surface area contributed by atoms with Gasteiger partial charge in [0.15, 0.2) is 0 Å². The highest BCUT2D eigenvalue weighted by atomic mass is 35.5. The number of nitrogens with two attached hydrogens (primary N) is 1. The van der Waals surface area contributed by atoms with Crippen molar-refractivity contribution in [1.29, 1.82) is 0 Å². The number of alkyl halides is 1. The molecule has 0 aromatic heterocycles. The van der Waals surface area contributed by atoms with E-state index in [1.807, 2.05) is 0 Å². The van der Waals surface area contributed by atoms with Gasteiger partial charge in [-0.15, -0.1) is 12.4 Å². The molecule has 1 aromatic carbocycles. The lowest BCUT2D eigenvalue weighted by Crippen LogP contribution is -2.31. The molecule has 0 aliphatic carbocycles. The lowest BCUT2D eigenvalue weighted by molar-refractivity contribution is -0.149. The molecule has 0 saturated heterocycles. The second-order valence-electron chi connectivity index (χ2n) is 3.35. The molecule has 0 heterocycles. The minimum Gasteiger partial charge on any atom is -0.464 e. The molecular formula is C11H13Cl3FNO2. The van der Waals surface area contributed by atoms with Crippen molar-refractivity contribution in [2.24, 2.45) is 5.73 Å². The Morgan fingerprint density at radius 2 is 2.06 bits per heavy atom. The van der Waals surface area contributed by atoms with Gasteiger partial charge < -0.3 is 10.5 Å². The van der Waals surface area contributed by atoms with Gasteiger partial charge in [0.05, 0.1) is 22.7 Å². The lowest BCUT2D eigenvalue weighted by Gasteiger charge is -2.16. The second kappa shape index (κ2) is 7.79. The van der Waals surface area contributed by atoms with Crippen molar-refractivity contribution < 1.29 is 13.9 Å². The van der Waals surface area contributed by atoms with E-state index in [-0.39, 0.29) is 24.0 Å². The zero-order valence-corrected chi connectivity index (χ0v) is 11.9. The van der Waals surface area contributed by atoms with E-state index in [4.69, 9.17) is 28.9 Å². The maximum atomic E-state index is 13.6. The number of benzene rings is 1. The predicted molar refractivity (Wildman–Crippen MR) is 72.2 cm³/mol. The molecule has 1 aromatic rings. The third-order valence-corrected chi connectivity index (χ3v) is 2.89. The zero-order chi connectivity index (χ0) is 13.0. The van der Waals surface area contributed by atoms with Gasteiger partial charge >= 0.3 is 5.97 Å². The van der Waals surface area contributed by atoms with Crippen molar-refractivity contribution >= 4 is 41.6 Å². The normalized spacial score (nSPS) is 13.4. The predicted octanol–water partition coefficient (Wildman–Crippen LogP) is 3.32. The van der Waals surface area contributed by atoms with E-state index in [9.17, 15) is 9.18 Å². The van der Waals surface area contributed by atoms with E-state index < -0.39 is 18.2 Å². The van der Waals surface area contributed by atoms with Crippen LogP contribution in [0.3, 0.4) is 0 Å². The number of carbonyl (C=O) groups excluding carboxylic acids is 1. The standard InChI is InChI=1S/C11H12Cl2FNO2.ClH/c1-2-17-11(16)9(14)10(15)6-3-4-7(12)8(13)5-6;/h3-5,9-10H,2,15H2,1H3;1H/t9?,10-;/m0./s1. The third-order valence-electron chi connectivity index (χ3n) is 2.16. The van der Waals surface area contributed by atoms with Crippen LogP contribution in [0, 0.1) is 0 Å². The monoisotopic (exact) mass is 315 g/mol. The van der Waals surface area contributed by atoms with Gasteiger partial charge in [0, 0.05) is 0 Å². The van der Waals surface area contributed by atoms with Crippen LogP contribution in [0.15, 0.2) is 18.2 Å². The number of hydrogen-bond donors (Lipinski definition) is 1. The minimum atomic E-state index is -1.92. The Bertz CT molecular complexity index is 417. The molecule has 102 valence electrons. The highest BCUT2D eigenvalue weighted by molar-refractivity contribution is 6.42. The molecule has 0 saturated carbocycles. The number of esters is 1. The lowest BCUT2D eigenvalue weighted by atomic mass is 10.0. The van der Waals surface area contributed by atoms with Crippen LogP contribution in [0.5, 0.6) is 0 Å². The summed E-state index contributed by atoms with van der Waals surface area (Å²) in [5.41, 5.74) is 6.00. The Morgan fingerprint density at radius 3 is 2.56 bits per heavy atom. The number of carbonyl (C=O) groups is 1. The third kappa shape index (κ3) is 4.28. The number of rotatable bonds is 4. The summed E-state index contributed by atoms with van der Waals surface area (Å²) in [5, 5.41) is 0.602. The van der Waals surface area contributed by atoms with Crippen LogP contribution >= 0.6 is 35.6 Å². The first-order valence-electron chi connectivity index (χ1n) is 4.98. The quantitative estimate of drug-likeness (QED) is 0.867. The molecule has 3 nitrogen and oxygen atoms in total. The summed E-state index contributed by atoms with van der Waals surface area (Å²) < 4.78 is 18.2.